The van der Waals surface area contributed by atoms with Crippen molar-refractivity contribution in [3.05, 3.63) is 94.8 Å². The Balaban J connectivity index is 2.34. The third-order valence-corrected chi connectivity index (χ3v) is 9.95. The Kier molecular flexibility index (Phi) is 4.07. The van der Waals surface area contributed by atoms with Gasteiger partial charge in [0.2, 0.25) is 0 Å². The summed E-state index contributed by atoms with van der Waals surface area (Å²) in [4.78, 5) is 0. The Hall–Kier alpha value is -1.65. The molecule has 1 atom stereocenters. The molecule has 1 aliphatic carbocycles. The van der Waals surface area contributed by atoms with Crippen molar-refractivity contribution in [2.24, 2.45) is 0 Å². The van der Waals surface area contributed by atoms with Crippen LogP contribution in [0.25, 0.3) is 0 Å². The van der Waals surface area contributed by atoms with E-state index in [0.29, 0.717) is 0 Å². The van der Waals surface area contributed by atoms with Gasteiger partial charge in [-0.3, -0.25) is 0 Å². The van der Waals surface area contributed by atoms with E-state index in [0.717, 1.165) is 6.42 Å². The van der Waals surface area contributed by atoms with E-state index in [1.165, 1.54) is 27.8 Å². The molecule has 0 spiro atoms. The number of benzene rings is 2. The first-order valence-corrected chi connectivity index (χ1v) is 11.5. The Morgan fingerprint density at radius 1 is 1.04 bits per heavy atom. The number of allylic oxidation sites excluding steroid dienone is 2. The molecule has 23 heavy (non-hydrogen) atoms. The van der Waals surface area contributed by atoms with Crippen LogP contribution >= 0.6 is 7.26 Å². The minimum absolute atomic E-state index is 0.0860. The standard InChI is InChI=1S/C22H27P/c1-6-7-15-23(4,5)22(3)20-13-9-8-12-18(20)16-19-17(2)11-10-14-21(19)22/h6-15,23H,1,16H2,2-5H3/b15-7-. The number of rotatable bonds is 3. The zero-order chi connectivity index (χ0) is 16.7. The van der Waals surface area contributed by atoms with Crippen LogP contribution in [0.4, 0.5) is 0 Å². The van der Waals surface area contributed by atoms with Gasteiger partial charge in [-0.15, -0.1) is 0 Å². The second-order valence-electron chi connectivity index (χ2n) is 7.38. The minimum atomic E-state index is -1.72. The van der Waals surface area contributed by atoms with Crippen LogP contribution in [0.5, 0.6) is 0 Å². The average Bonchev–Trinajstić information content (AvgIpc) is 2.54. The molecule has 0 N–H and O–H groups in total. The van der Waals surface area contributed by atoms with E-state index < -0.39 is 7.26 Å². The van der Waals surface area contributed by atoms with Crippen LogP contribution in [-0.4, -0.2) is 13.3 Å². The molecule has 1 aliphatic rings. The van der Waals surface area contributed by atoms with Crippen LogP contribution in [0.15, 0.2) is 67.0 Å². The van der Waals surface area contributed by atoms with E-state index in [2.05, 4.69) is 88.1 Å². The monoisotopic (exact) mass is 322 g/mol. The van der Waals surface area contributed by atoms with Crippen LogP contribution < -0.4 is 0 Å². The van der Waals surface area contributed by atoms with Gasteiger partial charge in [0.25, 0.3) is 0 Å². The zero-order valence-electron chi connectivity index (χ0n) is 14.7. The molecule has 0 heterocycles. The quantitative estimate of drug-likeness (QED) is 0.489. The molecule has 0 nitrogen and oxygen atoms in total. The van der Waals surface area contributed by atoms with Gasteiger partial charge in [-0.05, 0) is 0 Å². The molecule has 0 saturated carbocycles. The molecule has 0 amide bonds. The van der Waals surface area contributed by atoms with Crippen molar-refractivity contribution in [3.63, 3.8) is 0 Å². The van der Waals surface area contributed by atoms with Crippen molar-refractivity contribution >= 4 is 7.26 Å². The van der Waals surface area contributed by atoms with E-state index >= 15 is 0 Å². The predicted molar refractivity (Wildman–Crippen MR) is 106 cm³/mol. The van der Waals surface area contributed by atoms with Gasteiger partial charge in [0.1, 0.15) is 0 Å². The first-order chi connectivity index (χ1) is 10.9. The fourth-order valence-electron chi connectivity index (χ4n) is 4.07. The summed E-state index contributed by atoms with van der Waals surface area (Å²) >= 11 is 0. The van der Waals surface area contributed by atoms with E-state index in [-0.39, 0.29) is 5.16 Å². The Bertz CT molecular complexity index is 782. The van der Waals surface area contributed by atoms with Gasteiger partial charge < -0.3 is 0 Å². The SMILES string of the molecule is C=C/C=C\[PH](C)(C)C1(C)c2ccccc2Cc2c(C)cccc21. The molecule has 1 unspecified atom stereocenters. The molecule has 2 aromatic rings. The molecule has 0 fully saturated rings. The molecular weight excluding hydrogens is 295 g/mol. The van der Waals surface area contributed by atoms with Crippen LogP contribution in [0.3, 0.4) is 0 Å². The van der Waals surface area contributed by atoms with Crippen molar-refractivity contribution in [3.8, 4) is 0 Å². The van der Waals surface area contributed by atoms with Gasteiger partial charge in [0, 0.05) is 0 Å². The fraction of sp³-hybridized carbons (Fsp3) is 0.273. The second-order valence-corrected chi connectivity index (χ2v) is 12.2. The molecule has 0 saturated heterocycles. The summed E-state index contributed by atoms with van der Waals surface area (Å²) < 4.78 is 0. The summed E-state index contributed by atoms with van der Waals surface area (Å²) in [5.74, 6) is 2.44. The summed E-state index contributed by atoms with van der Waals surface area (Å²) in [7, 11) is -1.72. The van der Waals surface area contributed by atoms with Gasteiger partial charge in [-0.2, -0.15) is 0 Å². The van der Waals surface area contributed by atoms with Crippen molar-refractivity contribution in [2.75, 3.05) is 13.3 Å². The molecule has 0 aromatic heterocycles. The number of aryl methyl sites for hydroxylation is 1. The van der Waals surface area contributed by atoms with Gasteiger partial charge >= 0.3 is 141 Å². The van der Waals surface area contributed by atoms with Crippen molar-refractivity contribution in [1.82, 2.24) is 0 Å². The average molecular weight is 322 g/mol. The molecule has 120 valence electrons. The normalized spacial score (nSPS) is 20.9. The van der Waals surface area contributed by atoms with Gasteiger partial charge in [-0.1, -0.05) is 0 Å². The maximum atomic E-state index is 3.87. The molecule has 0 aliphatic heterocycles. The van der Waals surface area contributed by atoms with Crippen molar-refractivity contribution in [2.45, 2.75) is 25.4 Å². The first kappa shape index (κ1) is 16.2. The topological polar surface area (TPSA) is 0 Å². The molecule has 1 heteroatoms. The Morgan fingerprint density at radius 3 is 2.48 bits per heavy atom. The van der Waals surface area contributed by atoms with Crippen LogP contribution in [0, 0.1) is 6.92 Å². The Morgan fingerprint density at radius 2 is 1.74 bits per heavy atom. The van der Waals surface area contributed by atoms with E-state index in [1.54, 1.807) is 0 Å². The molecule has 2 aromatic carbocycles. The molecular formula is C22H27P. The number of fused-ring (bicyclic) bond motifs is 2. The predicted octanol–water partition coefficient (Wildman–Crippen LogP) is 5.87. The van der Waals surface area contributed by atoms with Gasteiger partial charge in [0.05, 0.1) is 0 Å². The van der Waals surface area contributed by atoms with Crippen molar-refractivity contribution in [1.29, 1.82) is 0 Å². The number of hydrogen-bond donors (Lipinski definition) is 0. The van der Waals surface area contributed by atoms with Gasteiger partial charge in [0.15, 0.2) is 0 Å². The summed E-state index contributed by atoms with van der Waals surface area (Å²) in [6.45, 7) is 13.5. The first-order valence-electron chi connectivity index (χ1n) is 8.39. The third-order valence-electron chi connectivity index (χ3n) is 5.81. The van der Waals surface area contributed by atoms with Crippen LogP contribution in [-0.2, 0) is 11.6 Å². The van der Waals surface area contributed by atoms with Crippen LogP contribution in [0.2, 0.25) is 0 Å². The van der Waals surface area contributed by atoms with Crippen LogP contribution in [0.1, 0.15) is 34.7 Å². The summed E-state index contributed by atoms with van der Waals surface area (Å²) in [6, 6.07) is 15.9. The van der Waals surface area contributed by atoms with E-state index in [4.69, 9.17) is 0 Å². The Labute approximate surface area is 141 Å². The molecule has 0 radical (unpaired) electrons. The molecule has 3 rings (SSSR count). The fourth-order valence-corrected chi connectivity index (χ4v) is 6.89. The summed E-state index contributed by atoms with van der Waals surface area (Å²) in [6.07, 6.45) is 5.11. The van der Waals surface area contributed by atoms with Gasteiger partial charge in [-0.25, -0.2) is 0 Å². The summed E-state index contributed by atoms with van der Waals surface area (Å²) in [5.41, 5.74) is 7.48. The van der Waals surface area contributed by atoms with E-state index in [1.807, 2.05) is 6.08 Å². The maximum absolute atomic E-state index is 3.87. The summed E-state index contributed by atoms with van der Waals surface area (Å²) in [5, 5.41) is 0.0860. The number of hydrogen-bond acceptors (Lipinski definition) is 0. The zero-order valence-corrected chi connectivity index (χ0v) is 15.7. The van der Waals surface area contributed by atoms with E-state index in [9.17, 15) is 0 Å². The van der Waals surface area contributed by atoms with Crippen molar-refractivity contribution < 1.29 is 0 Å². The molecule has 0 bridgehead atoms. The second kappa shape index (κ2) is 5.77. The third kappa shape index (κ3) is 2.41.